The summed E-state index contributed by atoms with van der Waals surface area (Å²) in [6.45, 7) is 1.90. The Morgan fingerprint density at radius 2 is 1.60 bits per heavy atom. The Morgan fingerprint density at radius 3 is 2.30 bits per heavy atom. The third kappa shape index (κ3) is 6.91. The topological polar surface area (TPSA) is 79.8 Å². The molecule has 0 bridgehead atoms. The molecular formula is C24H23N3O3. The van der Waals surface area contributed by atoms with E-state index in [-0.39, 0.29) is 24.8 Å². The molecule has 2 amide bonds. The van der Waals surface area contributed by atoms with E-state index in [2.05, 4.69) is 15.8 Å². The van der Waals surface area contributed by atoms with Gasteiger partial charge >= 0.3 is 0 Å². The number of benzene rings is 3. The van der Waals surface area contributed by atoms with Crippen molar-refractivity contribution in [3.05, 3.63) is 95.6 Å². The zero-order valence-electron chi connectivity index (χ0n) is 16.7. The highest BCUT2D eigenvalue weighted by atomic mass is 16.5. The van der Waals surface area contributed by atoms with E-state index in [1.807, 2.05) is 61.5 Å². The molecule has 30 heavy (non-hydrogen) atoms. The molecule has 6 heteroatoms. The van der Waals surface area contributed by atoms with Gasteiger partial charge in [0.1, 0.15) is 5.75 Å². The van der Waals surface area contributed by atoms with E-state index in [9.17, 15) is 9.59 Å². The fourth-order valence-electron chi connectivity index (χ4n) is 2.63. The van der Waals surface area contributed by atoms with Gasteiger partial charge in [0.2, 0.25) is 5.91 Å². The highest BCUT2D eigenvalue weighted by Crippen LogP contribution is 2.12. The molecule has 0 spiro atoms. The number of nitrogens with zero attached hydrogens (tertiary/aromatic N) is 1. The summed E-state index contributed by atoms with van der Waals surface area (Å²) in [4.78, 5) is 23.8. The molecule has 0 aromatic heterocycles. The van der Waals surface area contributed by atoms with E-state index < -0.39 is 0 Å². The van der Waals surface area contributed by atoms with Gasteiger partial charge < -0.3 is 10.1 Å². The number of carbonyl (C=O) groups is 2. The van der Waals surface area contributed by atoms with Crippen molar-refractivity contribution >= 4 is 23.7 Å². The highest BCUT2D eigenvalue weighted by Gasteiger charge is 2.04. The van der Waals surface area contributed by atoms with Gasteiger partial charge in [0.05, 0.1) is 12.6 Å². The number of hydrazone groups is 1. The molecule has 0 radical (unpaired) electrons. The maximum Gasteiger partial charge on any atom is 0.262 e. The lowest BCUT2D eigenvalue weighted by Crippen LogP contribution is -2.20. The van der Waals surface area contributed by atoms with Crippen LogP contribution in [0, 0.1) is 6.92 Å². The summed E-state index contributed by atoms with van der Waals surface area (Å²) in [5.41, 5.74) is 6.09. The van der Waals surface area contributed by atoms with Crippen molar-refractivity contribution in [1.29, 1.82) is 0 Å². The van der Waals surface area contributed by atoms with Crippen molar-refractivity contribution in [3.8, 4) is 5.75 Å². The molecule has 3 aromatic carbocycles. The predicted molar refractivity (Wildman–Crippen MR) is 118 cm³/mol. The summed E-state index contributed by atoms with van der Waals surface area (Å²) in [5.74, 6) is 0.155. The zero-order chi connectivity index (χ0) is 21.2. The summed E-state index contributed by atoms with van der Waals surface area (Å²) in [5, 5.41) is 6.75. The van der Waals surface area contributed by atoms with Gasteiger partial charge in [0.15, 0.2) is 6.61 Å². The van der Waals surface area contributed by atoms with Gasteiger partial charge in [-0.05, 0) is 54.4 Å². The molecule has 0 fully saturated rings. The first-order chi connectivity index (χ1) is 14.6. The molecule has 0 saturated carbocycles. The lowest BCUT2D eigenvalue weighted by Gasteiger charge is -2.08. The van der Waals surface area contributed by atoms with Gasteiger partial charge in [0, 0.05) is 5.69 Å². The van der Waals surface area contributed by atoms with Crippen LogP contribution in [0.1, 0.15) is 16.7 Å². The Morgan fingerprint density at radius 1 is 0.900 bits per heavy atom. The monoisotopic (exact) mass is 401 g/mol. The van der Waals surface area contributed by atoms with Gasteiger partial charge in [-0.15, -0.1) is 0 Å². The third-order valence-electron chi connectivity index (χ3n) is 4.20. The lowest BCUT2D eigenvalue weighted by atomic mass is 10.1. The molecular weight excluding hydrogens is 378 g/mol. The summed E-state index contributed by atoms with van der Waals surface area (Å²) in [6, 6.07) is 24.1. The summed E-state index contributed by atoms with van der Waals surface area (Å²) in [7, 11) is 0. The largest absolute Gasteiger partial charge is 0.484 e. The van der Waals surface area contributed by atoms with Gasteiger partial charge in [0.25, 0.3) is 5.91 Å². The van der Waals surface area contributed by atoms with Gasteiger partial charge in [-0.2, -0.15) is 5.10 Å². The minimum atomic E-state index is -0.231. The second-order valence-corrected chi connectivity index (χ2v) is 6.73. The van der Waals surface area contributed by atoms with Crippen molar-refractivity contribution < 1.29 is 14.3 Å². The number of rotatable bonds is 8. The summed E-state index contributed by atoms with van der Waals surface area (Å²) in [6.07, 6.45) is 1.83. The molecule has 6 nitrogen and oxygen atoms in total. The summed E-state index contributed by atoms with van der Waals surface area (Å²) >= 11 is 0. The smallest absolute Gasteiger partial charge is 0.262 e. The predicted octanol–water partition coefficient (Wildman–Crippen LogP) is 3.71. The van der Waals surface area contributed by atoms with Crippen LogP contribution in [0.15, 0.2) is 84.0 Å². The molecule has 3 aromatic rings. The van der Waals surface area contributed by atoms with E-state index in [1.165, 1.54) is 0 Å². The average molecular weight is 401 g/mol. The van der Waals surface area contributed by atoms with Gasteiger partial charge in [-0.3, -0.25) is 9.59 Å². The van der Waals surface area contributed by atoms with Crippen LogP contribution >= 0.6 is 0 Å². The van der Waals surface area contributed by atoms with Crippen molar-refractivity contribution in [3.63, 3.8) is 0 Å². The highest BCUT2D eigenvalue weighted by molar-refractivity contribution is 5.91. The van der Waals surface area contributed by atoms with Crippen molar-refractivity contribution in [2.75, 3.05) is 11.9 Å². The quantitative estimate of drug-likeness (QED) is 0.446. The fourth-order valence-corrected chi connectivity index (χ4v) is 2.63. The number of anilines is 1. The van der Waals surface area contributed by atoms with Crippen LogP contribution in [-0.4, -0.2) is 24.6 Å². The van der Waals surface area contributed by atoms with Crippen molar-refractivity contribution in [1.82, 2.24) is 5.43 Å². The van der Waals surface area contributed by atoms with Crippen LogP contribution in [0.3, 0.4) is 0 Å². The molecule has 0 atom stereocenters. The number of nitrogens with one attached hydrogen (secondary N) is 2. The Bertz CT molecular complexity index is 998. The van der Waals surface area contributed by atoms with E-state index in [1.54, 1.807) is 30.5 Å². The maximum absolute atomic E-state index is 12.0. The normalized spacial score (nSPS) is 10.6. The Labute approximate surface area is 175 Å². The number of amides is 2. The van der Waals surface area contributed by atoms with E-state index >= 15 is 0 Å². The van der Waals surface area contributed by atoms with Crippen LogP contribution in [0.2, 0.25) is 0 Å². The number of carbonyl (C=O) groups excluding carboxylic acids is 2. The van der Waals surface area contributed by atoms with Crippen LogP contribution in [0.5, 0.6) is 5.75 Å². The van der Waals surface area contributed by atoms with E-state index in [0.29, 0.717) is 5.75 Å². The number of hydrogen-bond acceptors (Lipinski definition) is 4. The van der Waals surface area contributed by atoms with Gasteiger partial charge in [-0.25, -0.2) is 5.43 Å². The SMILES string of the molecule is Cc1ccc(NC(=O)COc2ccc(/C=N/NC(=O)Cc3ccccc3)cc2)cc1. The van der Waals surface area contributed by atoms with Gasteiger partial charge in [-0.1, -0.05) is 48.0 Å². The minimum absolute atomic E-state index is 0.0865. The lowest BCUT2D eigenvalue weighted by molar-refractivity contribution is -0.120. The zero-order valence-corrected chi connectivity index (χ0v) is 16.7. The minimum Gasteiger partial charge on any atom is -0.484 e. The molecule has 0 aliphatic heterocycles. The third-order valence-corrected chi connectivity index (χ3v) is 4.20. The van der Waals surface area contributed by atoms with E-state index in [0.717, 1.165) is 22.4 Å². The molecule has 0 saturated heterocycles. The van der Waals surface area contributed by atoms with Crippen LogP contribution < -0.4 is 15.5 Å². The summed E-state index contributed by atoms with van der Waals surface area (Å²) < 4.78 is 5.50. The van der Waals surface area contributed by atoms with Crippen LogP contribution in [-0.2, 0) is 16.0 Å². The first-order valence-electron chi connectivity index (χ1n) is 9.54. The second-order valence-electron chi connectivity index (χ2n) is 6.73. The first kappa shape index (κ1) is 20.8. The van der Waals surface area contributed by atoms with E-state index in [4.69, 9.17) is 4.74 Å². The van der Waals surface area contributed by atoms with Crippen LogP contribution in [0.25, 0.3) is 0 Å². The Hall–Kier alpha value is -3.93. The number of aryl methyl sites for hydroxylation is 1. The average Bonchev–Trinajstić information content (AvgIpc) is 2.75. The van der Waals surface area contributed by atoms with Crippen molar-refractivity contribution in [2.45, 2.75) is 13.3 Å². The molecule has 2 N–H and O–H groups in total. The number of ether oxygens (including phenoxy) is 1. The Kier molecular flexibility index (Phi) is 7.33. The molecule has 152 valence electrons. The molecule has 0 aliphatic carbocycles. The van der Waals surface area contributed by atoms with Crippen molar-refractivity contribution in [2.24, 2.45) is 5.10 Å². The van der Waals surface area contributed by atoms with Crippen LogP contribution in [0.4, 0.5) is 5.69 Å². The fraction of sp³-hybridized carbons (Fsp3) is 0.125. The Balaban J connectivity index is 1.41. The maximum atomic E-state index is 12.0. The molecule has 3 rings (SSSR count). The second kappa shape index (κ2) is 10.6. The molecule has 0 heterocycles. The number of hydrogen-bond donors (Lipinski definition) is 2. The molecule has 0 unspecified atom stereocenters. The first-order valence-corrected chi connectivity index (χ1v) is 9.54. The standard InChI is InChI=1S/C24H23N3O3/c1-18-7-11-21(12-8-18)26-24(29)17-30-22-13-9-20(10-14-22)16-25-27-23(28)15-19-5-3-2-4-6-19/h2-14,16H,15,17H2,1H3,(H,26,29)(H,27,28)/b25-16+. The molecule has 0 aliphatic rings.